The van der Waals surface area contributed by atoms with Crippen LogP contribution >= 0.6 is 11.6 Å². The number of benzene rings is 1. The molecule has 118 valence electrons. The normalized spacial score (nSPS) is 20.7. The van der Waals surface area contributed by atoms with E-state index >= 15 is 0 Å². The number of nitrogens with one attached hydrogen (secondary N) is 1. The van der Waals surface area contributed by atoms with E-state index < -0.39 is 11.9 Å². The first-order chi connectivity index (χ1) is 10.4. The van der Waals surface area contributed by atoms with Crippen LogP contribution in [0, 0.1) is 0 Å². The molecule has 6 heteroatoms. The third-order valence-corrected chi connectivity index (χ3v) is 4.28. The lowest BCUT2D eigenvalue weighted by Crippen LogP contribution is -2.49. The summed E-state index contributed by atoms with van der Waals surface area (Å²) in [6.45, 7) is 6.00. The standard InChI is InChI=1S/C16H20ClN3O2/c1-4-13-10-16(3,5-2)20(19-13)15(22)18-14(21)11-6-8-12(17)9-7-11/h6-9H,4-5,10H2,1-3H3,(H,18,21,22). The second kappa shape index (κ2) is 6.48. The van der Waals surface area contributed by atoms with E-state index in [1.165, 1.54) is 5.01 Å². The number of urea groups is 1. The van der Waals surface area contributed by atoms with Crippen molar-refractivity contribution in [2.75, 3.05) is 0 Å². The summed E-state index contributed by atoms with van der Waals surface area (Å²) in [5.74, 6) is -0.458. The van der Waals surface area contributed by atoms with E-state index in [0.717, 1.165) is 25.0 Å². The summed E-state index contributed by atoms with van der Waals surface area (Å²) in [6, 6.07) is 5.89. The van der Waals surface area contributed by atoms with Gasteiger partial charge in [-0.25, -0.2) is 9.80 Å². The van der Waals surface area contributed by atoms with E-state index in [1.807, 2.05) is 20.8 Å². The molecule has 0 saturated carbocycles. The van der Waals surface area contributed by atoms with Crippen molar-refractivity contribution in [1.82, 2.24) is 10.3 Å². The molecule has 1 unspecified atom stereocenters. The van der Waals surface area contributed by atoms with Crippen molar-refractivity contribution in [2.45, 2.75) is 45.6 Å². The molecule has 0 aromatic heterocycles. The molecule has 1 aromatic rings. The van der Waals surface area contributed by atoms with Crippen LogP contribution in [0.1, 0.15) is 50.4 Å². The molecule has 0 spiro atoms. The lowest BCUT2D eigenvalue weighted by atomic mass is 9.92. The Morgan fingerprint density at radius 2 is 1.95 bits per heavy atom. The summed E-state index contributed by atoms with van der Waals surface area (Å²) in [4.78, 5) is 24.5. The Bertz CT molecular complexity index is 612. The van der Waals surface area contributed by atoms with Crippen LogP contribution in [-0.4, -0.2) is 28.2 Å². The Balaban J connectivity index is 2.12. The van der Waals surface area contributed by atoms with Crippen LogP contribution in [0.3, 0.4) is 0 Å². The van der Waals surface area contributed by atoms with E-state index in [9.17, 15) is 9.59 Å². The molecular weight excluding hydrogens is 302 g/mol. The molecule has 0 fully saturated rings. The number of rotatable bonds is 3. The first kappa shape index (κ1) is 16.5. The monoisotopic (exact) mass is 321 g/mol. The summed E-state index contributed by atoms with van der Waals surface area (Å²) in [7, 11) is 0. The minimum absolute atomic E-state index is 0.379. The highest BCUT2D eigenvalue weighted by Gasteiger charge is 2.40. The molecule has 1 atom stereocenters. The fraction of sp³-hybridized carbons (Fsp3) is 0.438. The lowest BCUT2D eigenvalue weighted by Gasteiger charge is -2.31. The van der Waals surface area contributed by atoms with Gasteiger partial charge in [-0.05, 0) is 44.0 Å². The number of imide groups is 1. The average Bonchev–Trinajstić information content (AvgIpc) is 2.86. The maximum absolute atomic E-state index is 12.4. The van der Waals surface area contributed by atoms with E-state index in [4.69, 9.17) is 11.6 Å². The predicted octanol–water partition coefficient (Wildman–Crippen LogP) is 3.83. The van der Waals surface area contributed by atoms with E-state index in [0.29, 0.717) is 10.6 Å². The highest BCUT2D eigenvalue weighted by Crippen LogP contribution is 2.31. The van der Waals surface area contributed by atoms with Gasteiger partial charge in [0, 0.05) is 22.7 Å². The van der Waals surface area contributed by atoms with Gasteiger partial charge in [-0.1, -0.05) is 25.4 Å². The van der Waals surface area contributed by atoms with Crippen molar-refractivity contribution in [1.29, 1.82) is 0 Å². The Morgan fingerprint density at radius 1 is 1.32 bits per heavy atom. The fourth-order valence-corrected chi connectivity index (χ4v) is 2.52. The summed E-state index contributed by atoms with van der Waals surface area (Å²) >= 11 is 5.79. The first-order valence-electron chi connectivity index (χ1n) is 7.37. The molecule has 0 bridgehead atoms. The molecule has 1 aromatic carbocycles. The van der Waals surface area contributed by atoms with Crippen molar-refractivity contribution in [3.8, 4) is 0 Å². The summed E-state index contributed by atoms with van der Waals surface area (Å²) in [5.41, 5.74) is 0.976. The Hall–Kier alpha value is -1.88. The van der Waals surface area contributed by atoms with Crippen LogP contribution in [0.15, 0.2) is 29.4 Å². The van der Waals surface area contributed by atoms with Gasteiger partial charge in [0.05, 0.1) is 5.54 Å². The fourth-order valence-electron chi connectivity index (χ4n) is 2.40. The minimum Gasteiger partial charge on any atom is -0.272 e. The van der Waals surface area contributed by atoms with Gasteiger partial charge in [0.2, 0.25) is 0 Å². The number of nitrogens with zero attached hydrogens (tertiary/aromatic N) is 2. The summed E-state index contributed by atoms with van der Waals surface area (Å²) in [6.07, 6.45) is 2.30. The molecular formula is C16H20ClN3O2. The van der Waals surface area contributed by atoms with Crippen LogP contribution < -0.4 is 5.32 Å². The largest absolute Gasteiger partial charge is 0.345 e. The zero-order chi connectivity index (χ0) is 16.3. The second-order valence-electron chi connectivity index (χ2n) is 5.63. The molecule has 3 amide bonds. The molecule has 1 aliphatic rings. The van der Waals surface area contributed by atoms with Crippen molar-refractivity contribution in [3.63, 3.8) is 0 Å². The van der Waals surface area contributed by atoms with Gasteiger partial charge in [-0.3, -0.25) is 10.1 Å². The Kier molecular flexibility index (Phi) is 4.86. The third-order valence-electron chi connectivity index (χ3n) is 4.03. The van der Waals surface area contributed by atoms with Gasteiger partial charge in [0.1, 0.15) is 0 Å². The third kappa shape index (κ3) is 3.30. The minimum atomic E-state index is -0.493. The molecule has 0 radical (unpaired) electrons. The van der Waals surface area contributed by atoms with Crippen LogP contribution in [0.5, 0.6) is 0 Å². The van der Waals surface area contributed by atoms with Gasteiger partial charge in [-0.15, -0.1) is 0 Å². The molecule has 0 saturated heterocycles. The molecule has 2 rings (SSSR count). The Labute approximate surface area is 135 Å². The van der Waals surface area contributed by atoms with Crippen LogP contribution in [-0.2, 0) is 0 Å². The molecule has 1 aliphatic heterocycles. The van der Waals surface area contributed by atoms with Crippen LogP contribution in [0.25, 0.3) is 0 Å². The van der Waals surface area contributed by atoms with Gasteiger partial charge < -0.3 is 0 Å². The average molecular weight is 322 g/mol. The molecule has 5 nitrogen and oxygen atoms in total. The van der Waals surface area contributed by atoms with Gasteiger partial charge in [0.25, 0.3) is 5.91 Å². The summed E-state index contributed by atoms with van der Waals surface area (Å²) < 4.78 is 0. The number of carbonyl (C=O) groups is 2. The maximum Gasteiger partial charge on any atom is 0.345 e. The first-order valence-corrected chi connectivity index (χ1v) is 7.75. The number of hydrogen-bond donors (Lipinski definition) is 1. The van der Waals surface area contributed by atoms with Crippen LogP contribution in [0.4, 0.5) is 4.79 Å². The highest BCUT2D eigenvalue weighted by molar-refractivity contribution is 6.30. The summed E-state index contributed by atoms with van der Waals surface area (Å²) in [5, 5.41) is 8.69. The molecule has 1 N–H and O–H groups in total. The van der Waals surface area contributed by atoms with E-state index in [-0.39, 0.29) is 5.54 Å². The Morgan fingerprint density at radius 3 is 2.50 bits per heavy atom. The van der Waals surface area contributed by atoms with Crippen molar-refractivity contribution < 1.29 is 9.59 Å². The maximum atomic E-state index is 12.4. The highest BCUT2D eigenvalue weighted by atomic mass is 35.5. The zero-order valence-electron chi connectivity index (χ0n) is 13.0. The number of halogens is 1. The van der Waals surface area contributed by atoms with Gasteiger partial charge >= 0.3 is 6.03 Å². The van der Waals surface area contributed by atoms with Crippen molar-refractivity contribution in [2.24, 2.45) is 5.10 Å². The van der Waals surface area contributed by atoms with Crippen LogP contribution in [0.2, 0.25) is 5.02 Å². The zero-order valence-corrected chi connectivity index (χ0v) is 13.8. The smallest absolute Gasteiger partial charge is 0.272 e. The molecule has 0 aliphatic carbocycles. The lowest BCUT2D eigenvalue weighted by molar-refractivity contribution is 0.0926. The van der Waals surface area contributed by atoms with Gasteiger partial charge in [-0.2, -0.15) is 5.10 Å². The van der Waals surface area contributed by atoms with Crippen molar-refractivity contribution in [3.05, 3.63) is 34.9 Å². The van der Waals surface area contributed by atoms with E-state index in [2.05, 4.69) is 10.4 Å². The second-order valence-corrected chi connectivity index (χ2v) is 6.06. The number of amides is 3. The SMILES string of the molecule is CCC1=NN(C(=O)NC(=O)c2ccc(Cl)cc2)C(C)(CC)C1. The van der Waals surface area contributed by atoms with E-state index in [1.54, 1.807) is 24.3 Å². The predicted molar refractivity (Wildman–Crippen MR) is 87.2 cm³/mol. The number of hydrogen-bond acceptors (Lipinski definition) is 3. The van der Waals surface area contributed by atoms with Crippen molar-refractivity contribution >= 4 is 29.3 Å². The van der Waals surface area contributed by atoms with Gasteiger partial charge in [0.15, 0.2) is 0 Å². The number of hydrazone groups is 1. The molecule has 22 heavy (non-hydrogen) atoms. The number of carbonyl (C=O) groups excluding carboxylic acids is 2. The topological polar surface area (TPSA) is 61.8 Å². The molecule has 1 heterocycles. The quantitative estimate of drug-likeness (QED) is 0.919.